The number of hydrogen-bond acceptors (Lipinski definition) is 2. The lowest BCUT2D eigenvalue weighted by atomic mass is 9.65. The molecule has 1 aromatic carbocycles. The molecule has 3 heteroatoms. The quantitative estimate of drug-likeness (QED) is 0.840. The van der Waals surface area contributed by atoms with Crippen LogP contribution in [-0.2, 0) is 10.2 Å². The number of allylic oxidation sites excluding steroid dienone is 1. The molecule has 19 heavy (non-hydrogen) atoms. The van der Waals surface area contributed by atoms with Crippen LogP contribution in [0.1, 0.15) is 30.4 Å². The van der Waals surface area contributed by atoms with E-state index in [0.29, 0.717) is 5.57 Å². The molecule has 0 bridgehead atoms. The standard InChI is InChI=1S/C16H19NO2/c1-17-10-8-16(9-11-17)7-6-13(15(18)19)12-4-2-3-5-14(12)16/h2-6H,7-11H2,1H3,(H,18,19). The summed E-state index contributed by atoms with van der Waals surface area (Å²) in [6.07, 6.45) is 5.02. The molecule has 0 unspecified atom stereocenters. The zero-order chi connectivity index (χ0) is 13.5. The molecule has 1 spiro atoms. The first kappa shape index (κ1) is 12.4. The van der Waals surface area contributed by atoms with Gasteiger partial charge in [-0.2, -0.15) is 0 Å². The van der Waals surface area contributed by atoms with Crippen molar-refractivity contribution in [2.45, 2.75) is 24.7 Å². The molecule has 1 heterocycles. The Morgan fingerprint density at radius 2 is 1.95 bits per heavy atom. The maximum atomic E-state index is 11.4. The van der Waals surface area contributed by atoms with Gasteiger partial charge in [-0.1, -0.05) is 30.3 Å². The number of benzene rings is 1. The van der Waals surface area contributed by atoms with Gasteiger partial charge in [0.2, 0.25) is 0 Å². The summed E-state index contributed by atoms with van der Waals surface area (Å²) in [5, 5.41) is 9.34. The molecule has 0 amide bonds. The molecule has 0 radical (unpaired) electrons. The van der Waals surface area contributed by atoms with E-state index in [1.807, 2.05) is 24.3 Å². The first-order valence-corrected chi connectivity index (χ1v) is 6.84. The molecule has 1 aliphatic heterocycles. The van der Waals surface area contributed by atoms with Crippen LogP contribution in [0.3, 0.4) is 0 Å². The van der Waals surface area contributed by atoms with Crippen LogP contribution >= 0.6 is 0 Å². The summed E-state index contributed by atoms with van der Waals surface area (Å²) in [6.45, 7) is 2.18. The van der Waals surface area contributed by atoms with Crippen LogP contribution in [0.25, 0.3) is 5.57 Å². The van der Waals surface area contributed by atoms with Crippen LogP contribution in [0.4, 0.5) is 0 Å². The van der Waals surface area contributed by atoms with Crippen molar-refractivity contribution in [3.63, 3.8) is 0 Å². The van der Waals surface area contributed by atoms with E-state index in [1.54, 1.807) is 0 Å². The fraction of sp³-hybridized carbons (Fsp3) is 0.438. The third-order valence-electron chi connectivity index (χ3n) is 4.66. The van der Waals surface area contributed by atoms with E-state index in [-0.39, 0.29) is 5.41 Å². The lowest BCUT2D eigenvalue weighted by Gasteiger charge is -2.43. The SMILES string of the molecule is CN1CCC2(CC=C(C(=O)O)c3ccccc32)CC1. The average Bonchev–Trinajstić information content (AvgIpc) is 2.42. The highest BCUT2D eigenvalue weighted by Gasteiger charge is 2.39. The van der Waals surface area contributed by atoms with E-state index >= 15 is 0 Å². The van der Waals surface area contributed by atoms with E-state index in [9.17, 15) is 9.90 Å². The molecular weight excluding hydrogens is 238 g/mol. The van der Waals surface area contributed by atoms with Crippen molar-refractivity contribution in [2.75, 3.05) is 20.1 Å². The van der Waals surface area contributed by atoms with E-state index < -0.39 is 5.97 Å². The lowest BCUT2D eigenvalue weighted by molar-refractivity contribution is -0.130. The summed E-state index contributed by atoms with van der Waals surface area (Å²) in [4.78, 5) is 13.7. The minimum atomic E-state index is -0.810. The third-order valence-corrected chi connectivity index (χ3v) is 4.66. The second-order valence-corrected chi connectivity index (χ2v) is 5.76. The number of carboxylic acid groups (broad SMARTS) is 1. The normalized spacial score (nSPS) is 21.8. The number of nitrogens with zero attached hydrogens (tertiary/aromatic N) is 1. The number of likely N-dealkylation sites (tertiary alicyclic amines) is 1. The summed E-state index contributed by atoms with van der Waals surface area (Å²) in [7, 11) is 2.15. The second kappa shape index (κ2) is 4.49. The Morgan fingerprint density at radius 3 is 2.63 bits per heavy atom. The first-order valence-electron chi connectivity index (χ1n) is 6.84. The first-order chi connectivity index (χ1) is 9.12. The molecule has 0 saturated carbocycles. The van der Waals surface area contributed by atoms with Gasteiger partial charge in [0.15, 0.2) is 0 Å². The van der Waals surface area contributed by atoms with Crippen molar-refractivity contribution < 1.29 is 9.90 Å². The van der Waals surface area contributed by atoms with Crippen molar-refractivity contribution in [3.05, 3.63) is 41.5 Å². The van der Waals surface area contributed by atoms with Crippen molar-refractivity contribution in [1.82, 2.24) is 4.90 Å². The minimum absolute atomic E-state index is 0.155. The van der Waals surface area contributed by atoms with Gasteiger partial charge in [-0.15, -0.1) is 0 Å². The number of aliphatic carboxylic acids is 1. The second-order valence-electron chi connectivity index (χ2n) is 5.76. The Hall–Kier alpha value is -1.61. The largest absolute Gasteiger partial charge is 0.478 e. The highest BCUT2D eigenvalue weighted by molar-refractivity contribution is 6.16. The van der Waals surface area contributed by atoms with Crippen LogP contribution < -0.4 is 0 Å². The highest BCUT2D eigenvalue weighted by Crippen LogP contribution is 2.45. The fourth-order valence-electron chi connectivity index (χ4n) is 3.42. The molecule has 0 aromatic heterocycles. The van der Waals surface area contributed by atoms with Crippen molar-refractivity contribution in [1.29, 1.82) is 0 Å². The molecule has 3 rings (SSSR count). The summed E-state index contributed by atoms with van der Waals surface area (Å²) in [5.41, 5.74) is 2.79. The van der Waals surface area contributed by atoms with Crippen molar-refractivity contribution in [2.24, 2.45) is 0 Å². The summed E-state index contributed by atoms with van der Waals surface area (Å²) < 4.78 is 0. The maximum Gasteiger partial charge on any atom is 0.335 e. The van der Waals surface area contributed by atoms with Gasteiger partial charge in [-0.25, -0.2) is 4.79 Å². The van der Waals surface area contributed by atoms with Gasteiger partial charge in [0, 0.05) is 5.41 Å². The molecule has 1 N–H and O–H groups in total. The maximum absolute atomic E-state index is 11.4. The molecule has 100 valence electrons. The van der Waals surface area contributed by atoms with Gasteiger partial charge in [0.05, 0.1) is 5.57 Å². The van der Waals surface area contributed by atoms with Gasteiger partial charge in [-0.3, -0.25) is 0 Å². The lowest BCUT2D eigenvalue weighted by Crippen LogP contribution is -2.42. The number of carbonyl (C=O) groups is 1. The predicted octanol–water partition coefficient (Wildman–Crippen LogP) is 2.52. The summed E-state index contributed by atoms with van der Waals surface area (Å²) >= 11 is 0. The van der Waals surface area contributed by atoms with E-state index in [4.69, 9.17) is 0 Å². The van der Waals surface area contributed by atoms with Crippen molar-refractivity contribution >= 4 is 11.5 Å². The monoisotopic (exact) mass is 257 g/mol. The molecule has 1 aromatic rings. The highest BCUT2D eigenvalue weighted by atomic mass is 16.4. The Morgan fingerprint density at radius 1 is 1.26 bits per heavy atom. The average molecular weight is 257 g/mol. The zero-order valence-electron chi connectivity index (χ0n) is 11.2. The topological polar surface area (TPSA) is 40.5 Å². The smallest absolute Gasteiger partial charge is 0.335 e. The van der Waals surface area contributed by atoms with Crippen LogP contribution in [0.2, 0.25) is 0 Å². The van der Waals surface area contributed by atoms with Crippen LogP contribution in [0, 0.1) is 0 Å². The summed E-state index contributed by atoms with van der Waals surface area (Å²) in [6, 6.07) is 8.04. The Kier molecular flexibility index (Phi) is 2.94. The molecule has 1 saturated heterocycles. The number of carboxylic acids is 1. The number of piperidine rings is 1. The molecule has 0 atom stereocenters. The van der Waals surface area contributed by atoms with Gasteiger partial charge >= 0.3 is 5.97 Å². The Bertz CT molecular complexity index is 539. The van der Waals surface area contributed by atoms with Crippen LogP contribution in [-0.4, -0.2) is 36.1 Å². The molecule has 1 fully saturated rings. The molecule has 1 aliphatic carbocycles. The van der Waals surface area contributed by atoms with Gasteiger partial charge in [0.1, 0.15) is 0 Å². The van der Waals surface area contributed by atoms with Crippen LogP contribution in [0.15, 0.2) is 30.3 Å². The van der Waals surface area contributed by atoms with E-state index in [1.165, 1.54) is 5.56 Å². The fourth-order valence-corrected chi connectivity index (χ4v) is 3.42. The zero-order valence-corrected chi connectivity index (χ0v) is 11.2. The van der Waals surface area contributed by atoms with E-state index in [0.717, 1.165) is 37.9 Å². The summed E-state index contributed by atoms with van der Waals surface area (Å²) in [5.74, 6) is -0.810. The molecule has 3 nitrogen and oxygen atoms in total. The van der Waals surface area contributed by atoms with Gasteiger partial charge in [-0.05, 0) is 50.5 Å². The predicted molar refractivity (Wildman–Crippen MR) is 75.1 cm³/mol. The molecular formula is C16H19NO2. The molecule has 2 aliphatic rings. The number of hydrogen-bond donors (Lipinski definition) is 1. The number of fused-ring (bicyclic) bond motifs is 2. The van der Waals surface area contributed by atoms with Crippen molar-refractivity contribution in [3.8, 4) is 0 Å². The Balaban J connectivity index is 2.06. The van der Waals surface area contributed by atoms with Gasteiger partial charge in [0.25, 0.3) is 0 Å². The number of rotatable bonds is 1. The Labute approximate surface area is 113 Å². The third kappa shape index (κ3) is 1.98. The van der Waals surface area contributed by atoms with E-state index in [2.05, 4.69) is 18.0 Å². The van der Waals surface area contributed by atoms with Crippen LogP contribution in [0.5, 0.6) is 0 Å². The minimum Gasteiger partial charge on any atom is -0.478 e. The van der Waals surface area contributed by atoms with Gasteiger partial charge < -0.3 is 10.0 Å².